The third kappa shape index (κ3) is 3.60. The predicted octanol–water partition coefficient (Wildman–Crippen LogP) is 3.39. The number of carbonyl (C=O) groups excluding carboxylic acids is 1. The van der Waals surface area contributed by atoms with Crippen LogP contribution in [0.1, 0.15) is 15.9 Å². The summed E-state index contributed by atoms with van der Waals surface area (Å²) in [6.45, 7) is 0. The molecule has 0 heterocycles. The Bertz CT molecular complexity index is 800. The molecule has 6 heteroatoms. The summed E-state index contributed by atoms with van der Waals surface area (Å²) in [6, 6.07) is 13.8. The second-order valence-corrected chi connectivity index (χ2v) is 4.55. The summed E-state index contributed by atoms with van der Waals surface area (Å²) in [7, 11) is 1.53. The maximum absolute atomic E-state index is 12.6. The maximum Gasteiger partial charge on any atom is 0.269 e. The van der Waals surface area contributed by atoms with Crippen LogP contribution in [-0.4, -0.2) is 17.8 Å². The van der Waals surface area contributed by atoms with Gasteiger partial charge in [0, 0.05) is 29.3 Å². The van der Waals surface area contributed by atoms with E-state index in [0.717, 1.165) is 6.08 Å². The Balaban J connectivity index is 2.37. The Labute approximate surface area is 132 Å². The van der Waals surface area contributed by atoms with Crippen LogP contribution < -0.4 is 4.74 Å². The lowest BCUT2D eigenvalue weighted by atomic mass is 9.96. The molecule has 6 nitrogen and oxygen atoms in total. The third-order valence-corrected chi connectivity index (χ3v) is 3.19. The average Bonchev–Trinajstić information content (AvgIpc) is 2.59. The second kappa shape index (κ2) is 7.00. The summed E-state index contributed by atoms with van der Waals surface area (Å²) in [5.74, 6) is 0.249. The lowest BCUT2D eigenvalue weighted by Gasteiger charge is -2.07. The Morgan fingerprint density at radius 1 is 1.13 bits per heavy atom. The summed E-state index contributed by atoms with van der Waals surface area (Å²) in [5.41, 5.74) is 0.949. The number of hydrogen-bond acceptors (Lipinski definition) is 5. The molecule has 0 unspecified atom stereocenters. The van der Waals surface area contributed by atoms with Crippen molar-refractivity contribution >= 4 is 17.0 Å². The SMILES string of the molecule is COc1ccc(C(=CC#N)C(=O)c2ccc([N+](=O)[O-])cc2)cc1. The molecule has 0 saturated heterocycles. The zero-order chi connectivity index (χ0) is 16.8. The normalized spacial score (nSPS) is 10.7. The minimum absolute atomic E-state index is 0.100. The number of nitro groups is 1. The first kappa shape index (κ1) is 15.9. The molecule has 23 heavy (non-hydrogen) atoms. The number of methoxy groups -OCH3 is 1. The molecule has 0 fully saturated rings. The topological polar surface area (TPSA) is 93.2 Å². The molecule has 2 aromatic carbocycles. The van der Waals surface area contributed by atoms with E-state index >= 15 is 0 Å². The molecular weight excluding hydrogens is 296 g/mol. The fourth-order valence-electron chi connectivity index (χ4n) is 2.01. The molecular formula is C17H12N2O4. The Hall–Kier alpha value is -3.46. The monoisotopic (exact) mass is 308 g/mol. The molecule has 0 spiro atoms. The number of ketones is 1. The number of ether oxygens (including phenoxy) is 1. The van der Waals surface area contributed by atoms with Crippen molar-refractivity contribution in [3.63, 3.8) is 0 Å². The summed E-state index contributed by atoms with van der Waals surface area (Å²) in [5, 5.41) is 19.6. The summed E-state index contributed by atoms with van der Waals surface area (Å²) >= 11 is 0. The van der Waals surface area contributed by atoms with E-state index in [1.165, 1.54) is 31.4 Å². The van der Waals surface area contributed by atoms with Gasteiger partial charge in [-0.15, -0.1) is 0 Å². The molecule has 0 amide bonds. The second-order valence-electron chi connectivity index (χ2n) is 4.55. The molecule has 0 aliphatic heterocycles. The number of hydrogen-bond donors (Lipinski definition) is 0. The van der Waals surface area contributed by atoms with E-state index in [1.807, 2.05) is 6.07 Å². The van der Waals surface area contributed by atoms with Crippen LogP contribution in [0.15, 0.2) is 54.6 Å². The number of Topliss-reactive ketones (excluding diaryl/α,β-unsaturated/α-hetero) is 1. The van der Waals surface area contributed by atoms with Crippen LogP contribution in [0, 0.1) is 21.4 Å². The van der Waals surface area contributed by atoms with Crippen LogP contribution in [0.25, 0.3) is 5.57 Å². The van der Waals surface area contributed by atoms with Crippen LogP contribution in [0.2, 0.25) is 0 Å². The van der Waals surface area contributed by atoms with Crippen molar-refractivity contribution in [1.82, 2.24) is 0 Å². The van der Waals surface area contributed by atoms with Crippen molar-refractivity contribution in [2.24, 2.45) is 0 Å². The number of benzene rings is 2. The van der Waals surface area contributed by atoms with Crippen LogP contribution in [0.5, 0.6) is 5.75 Å². The first-order chi connectivity index (χ1) is 11.1. The van der Waals surface area contributed by atoms with Gasteiger partial charge in [0.2, 0.25) is 0 Å². The predicted molar refractivity (Wildman–Crippen MR) is 84.0 cm³/mol. The fraction of sp³-hybridized carbons (Fsp3) is 0.0588. The van der Waals surface area contributed by atoms with E-state index in [2.05, 4.69) is 0 Å². The molecule has 0 radical (unpaired) electrons. The molecule has 0 saturated carbocycles. The average molecular weight is 308 g/mol. The lowest BCUT2D eigenvalue weighted by molar-refractivity contribution is -0.384. The highest BCUT2D eigenvalue weighted by Crippen LogP contribution is 2.23. The number of carbonyl (C=O) groups is 1. The van der Waals surface area contributed by atoms with Crippen molar-refractivity contribution in [3.8, 4) is 11.8 Å². The van der Waals surface area contributed by atoms with Crippen molar-refractivity contribution in [1.29, 1.82) is 5.26 Å². The number of non-ortho nitro benzene ring substituents is 1. The number of nitriles is 1. The number of allylic oxidation sites excluding steroid dienone is 2. The van der Waals surface area contributed by atoms with Gasteiger partial charge in [0.05, 0.1) is 18.1 Å². The van der Waals surface area contributed by atoms with Crippen LogP contribution in [0.4, 0.5) is 5.69 Å². The van der Waals surface area contributed by atoms with Gasteiger partial charge in [0.15, 0.2) is 5.78 Å². The Morgan fingerprint density at radius 2 is 1.70 bits per heavy atom. The highest BCUT2D eigenvalue weighted by atomic mass is 16.6. The molecule has 0 bridgehead atoms. The maximum atomic E-state index is 12.6. The van der Waals surface area contributed by atoms with Gasteiger partial charge in [0.25, 0.3) is 5.69 Å². The van der Waals surface area contributed by atoms with Crippen molar-refractivity contribution in [2.45, 2.75) is 0 Å². The summed E-state index contributed by atoms with van der Waals surface area (Å²) in [4.78, 5) is 22.7. The first-order valence-electron chi connectivity index (χ1n) is 6.60. The quantitative estimate of drug-likeness (QED) is 0.277. The number of nitrogens with zero attached hydrogens (tertiary/aromatic N) is 2. The summed E-state index contributed by atoms with van der Waals surface area (Å²) < 4.78 is 5.06. The van der Waals surface area contributed by atoms with Gasteiger partial charge in [0.1, 0.15) is 5.75 Å². The Kier molecular flexibility index (Phi) is 4.85. The van der Waals surface area contributed by atoms with E-state index in [9.17, 15) is 14.9 Å². The lowest BCUT2D eigenvalue weighted by Crippen LogP contribution is -2.03. The largest absolute Gasteiger partial charge is 0.497 e. The molecule has 2 rings (SSSR count). The summed E-state index contributed by atoms with van der Waals surface area (Å²) in [6.07, 6.45) is 1.16. The number of rotatable bonds is 5. The van der Waals surface area contributed by atoms with Crippen LogP contribution in [0.3, 0.4) is 0 Å². The highest BCUT2D eigenvalue weighted by molar-refractivity contribution is 6.29. The van der Waals surface area contributed by atoms with Gasteiger partial charge >= 0.3 is 0 Å². The van der Waals surface area contributed by atoms with Crippen LogP contribution in [-0.2, 0) is 0 Å². The van der Waals surface area contributed by atoms with Gasteiger partial charge in [-0.05, 0) is 29.8 Å². The molecule has 114 valence electrons. The third-order valence-electron chi connectivity index (χ3n) is 3.19. The molecule has 2 aromatic rings. The van der Waals surface area contributed by atoms with E-state index in [4.69, 9.17) is 10.00 Å². The van der Waals surface area contributed by atoms with E-state index in [0.29, 0.717) is 11.3 Å². The molecule has 0 aromatic heterocycles. The first-order valence-corrected chi connectivity index (χ1v) is 6.60. The molecule has 0 N–H and O–H groups in total. The number of nitro benzene ring substituents is 1. The molecule has 0 aliphatic carbocycles. The highest BCUT2D eigenvalue weighted by Gasteiger charge is 2.16. The van der Waals surface area contributed by atoms with E-state index in [1.54, 1.807) is 24.3 Å². The van der Waals surface area contributed by atoms with Crippen molar-refractivity contribution in [2.75, 3.05) is 7.11 Å². The Morgan fingerprint density at radius 3 is 2.17 bits per heavy atom. The van der Waals surface area contributed by atoms with Crippen molar-refractivity contribution < 1.29 is 14.5 Å². The minimum atomic E-state index is -0.538. The van der Waals surface area contributed by atoms with E-state index in [-0.39, 0.29) is 22.6 Å². The zero-order valence-corrected chi connectivity index (χ0v) is 12.2. The van der Waals surface area contributed by atoms with Gasteiger partial charge in [-0.3, -0.25) is 14.9 Å². The van der Waals surface area contributed by atoms with E-state index < -0.39 is 4.92 Å². The van der Waals surface area contributed by atoms with Gasteiger partial charge < -0.3 is 4.74 Å². The van der Waals surface area contributed by atoms with Crippen molar-refractivity contribution in [3.05, 3.63) is 75.8 Å². The smallest absolute Gasteiger partial charge is 0.269 e. The standard InChI is InChI=1S/C17H12N2O4/c1-23-15-8-4-12(5-9-15)16(10-11-18)17(20)13-2-6-14(7-3-13)19(21)22/h2-10H,1H3. The van der Waals surface area contributed by atoms with Gasteiger partial charge in [-0.1, -0.05) is 12.1 Å². The molecule has 0 atom stereocenters. The van der Waals surface area contributed by atoms with Gasteiger partial charge in [-0.25, -0.2) is 0 Å². The van der Waals surface area contributed by atoms with Crippen LogP contribution >= 0.6 is 0 Å². The minimum Gasteiger partial charge on any atom is -0.497 e. The zero-order valence-electron chi connectivity index (χ0n) is 12.2. The fourth-order valence-corrected chi connectivity index (χ4v) is 2.01. The van der Waals surface area contributed by atoms with Gasteiger partial charge in [-0.2, -0.15) is 5.26 Å². The molecule has 0 aliphatic rings.